The first kappa shape index (κ1) is 21.4. The fourth-order valence-corrected chi connectivity index (χ4v) is 4.66. The summed E-state index contributed by atoms with van der Waals surface area (Å²) in [4.78, 5) is 28.3. The summed E-state index contributed by atoms with van der Waals surface area (Å²) < 4.78 is 21.9. The van der Waals surface area contributed by atoms with Gasteiger partial charge in [-0.1, -0.05) is 12.1 Å². The maximum atomic E-state index is 13.4. The van der Waals surface area contributed by atoms with Crippen molar-refractivity contribution in [1.82, 2.24) is 10.2 Å². The van der Waals surface area contributed by atoms with Crippen molar-refractivity contribution in [2.45, 2.75) is 18.8 Å². The number of carbonyl (C=O) groups excluding carboxylic acids is 2. The molecule has 0 unspecified atom stereocenters. The third kappa shape index (κ3) is 4.17. The number of fused-ring (bicyclic) bond motifs is 1. The Kier molecular flexibility index (Phi) is 5.74. The summed E-state index contributed by atoms with van der Waals surface area (Å²) in [6, 6.07) is 10.8. The molecule has 2 aromatic rings. The van der Waals surface area contributed by atoms with Crippen LogP contribution in [-0.2, 0) is 4.79 Å². The molecule has 5 rings (SSSR count). The summed E-state index contributed by atoms with van der Waals surface area (Å²) >= 11 is 0. The van der Waals surface area contributed by atoms with Crippen LogP contribution in [-0.4, -0.2) is 57.4 Å². The Morgan fingerprint density at radius 1 is 1.06 bits per heavy atom. The molecule has 2 heterocycles. The summed E-state index contributed by atoms with van der Waals surface area (Å²) in [6.07, 6.45) is 2.32. The smallest absolute Gasteiger partial charge is 0.254 e. The zero-order valence-corrected chi connectivity index (χ0v) is 18.8. The van der Waals surface area contributed by atoms with Gasteiger partial charge in [-0.25, -0.2) is 0 Å². The third-order valence-electron chi connectivity index (χ3n) is 6.66. The van der Waals surface area contributed by atoms with E-state index in [2.05, 4.69) is 5.32 Å². The van der Waals surface area contributed by atoms with Gasteiger partial charge in [-0.15, -0.1) is 0 Å². The molecule has 2 aromatic carbocycles. The number of para-hydroxylation sites is 1. The van der Waals surface area contributed by atoms with Gasteiger partial charge in [0.25, 0.3) is 5.91 Å². The van der Waals surface area contributed by atoms with E-state index in [1.807, 2.05) is 18.2 Å². The molecule has 2 fully saturated rings. The molecule has 0 aromatic heterocycles. The molecule has 2 atom stereocenters. The van der Waals surface area contributed by atoms with Crippen molar-refractivity contribution in [3.8, 4) is 23.0 Å². The number of carbonyl (C=O) groups is 2. The van der Waals surface area contributed by atoms with Gasteiger partial charge in [0.2, 0.25) is 12.7 Å². The molecule has 3 aliphatic rings. The molecular formula is C25H28N2O6. The van der Waals surface area contributed by atoms with Crippen molar-refractivity contribution >= 4 is 11.8 Å². The molecule has 2 amide bonds. The Bertz CT molecular complexity index is 1070. The first-order chi connectivity index (χ1) is 16.1. The lowest BCUT2D eigenvalue weighted by Crippen LogP contribution is -2.36. The van der Waals surface area contributed by atoms with Crippen molar-refractivity contribution in [2.24, 2.45) is 11.8 Å². The van der Waals surface area contributed by atoms with Gasteiger partial charge >= 0.3 is 0 Å². The molecule has 33 heavy (non-hydrogen) atoms. The van der Waals surface area contributed by atoms with Gasteiger partial charge in [0, 0.05) is 36.7 Å². The van der Waals surface area contributed by atoms with Crippen LogP contribution in [0.1, 0.15) is 34.7 Å². The van der Waals surface area contributed by atoms with E-state index < -0.39 is 0 Å². The zero-order chi connectivity index (χ0) is 22.9. The lowest BCUT2D eigenvalue weighted by Gasteiger charge is -2.21. The van der Waals surface area contributed by atoms with Gasteiger partial charge in [0.05, 0.1) is 20.1 Å². The van der Waals surface area contributed by atoms with Gasteiger partial charge in [-0.3, -0.25) is 9.59 Å². The van der Waals surface area contributed by atoms with Crippen LogP contribution in [0.15, 0.2) is 36.4 Å². The van der Waals surface area contributed by atoms with E-state index in [9.17, 15) is 9.59 Å². The Hall–Kier alpha value is -3.42. The maximum Gasteiger partial charge on any atom is 0.254 e. The number of nitrogens with one attached hydrogen (secondary N) is 1. The quantitative estimate of drug-likeness (QED) is 0.695. The van der Waals surface area contributed by atoms with E-state index >= 15 is 0 Å². The second-order valence-corrected chi connectivity index (χ2v) is 8.76. The number of nitrogens with zero attached hydrogens (tertiary/aromatic N) is 1. The normalized spacial score (nSPS) is 21.1. The van der Waals surface area contributed by atoms with Gasteiger partial charge in [-0.2, -0.15) is 0 Å². The predicted molar refractivity (Wildman–Crippen MR) is 120 cm³/mol. The number of hydrogen-bond donors (Lipinski definition) is 1. The monoisotopic (exact) mass is 452 g/mol. The molecule has 0 radical (unpaired) electrons. The lowest BCUT2D eigenvalue weighted by molar-refractivity contribution is -0.125. The third-order valence-corrected chi connectivity index (χ3v) is 6.66. The molecule has 1 aliphatic carbocycles. The van der Waals surface area contributed by atoms with E-state index in [1.54, 1.807) is 37.3 Å². The van der Waals surface area contributed by atoms with Crippen LogP contribution in [0.25, 0.3) is 0 Å². The van der Waals surface area contributed by atoms with Gasteiger partial charge in [-0.05, 0) is 43.0 Å². The van der Waals surface area contributed by atoms with Crippen LogP contribution >= 0.6 is 0 Å². The zero-order valence-electron chi connectivity index (χ0n) is 18.8. The fraction of sp³-hybridized carbons (Fsp3) is 0.440. The average molecular weight is 453 g/mol. The second-order valence-electron chi connectivity index (χ2n) is 8.76. The van der Waals surface area contributed by atoms with E-state index in [-0.39, 0.29) is 30.4 Å². The van der Waals surface area contributed by atoms with Crippen LogP contribution in [0.4, 0.5) is 0 Å². The first-order valence-electron chi connectivity index (χ1n) is 11.3. The standard InChI is InChI=1S/C25H28N2O6/c1-30-21-5-3-4-17(23(21)31-2)18-12-27(13-19(18)24(28)26-11-15-6-7-15)25(29)16-8-9-20-22(10-16)33-14-32-20/h3-5,8-10,15,18-19H,6-7,11-14H2,1-2H3,(H,26,28)/t18-,19+/m1/s1. The Labute approximate surface area is 192 Å². The van der Waals surface area contributed by atoms with E-state index in [1.165, 1.54) is 0 Å². The average Bonchev–Trinajstić information content (AvgIpc) is 3.37. The molecule has 1 saturated carbocycles. The largest absolute Gasteiger partial charge is 0.493 e. The van der Waals surface area contributed by atoms with Crippen LogP contribution in [0.2, 0.25) is 0 Å². The molecule has 0 bridgehead atoms. The highest BCUT2D eigenvalue weighted by Gasteiger charge is 2.42. The lowest BCUT2D eigenvalue weighted by atomic mass is 9.87. The van der Waals surface area contributed by atoms with E-state index in [4.69, 9.17) is 18.9 Å². The maximum absolute atomic E-state index is 13.4. The first-order valence-corrected chi connectivity index (χ1v) is 11.3. The number of amides is 2. The summed E-state index contributed by atoms with van der Waals surface area (Å²) in [5.74, 6) is 2.20. The van der Waals surface area contributed by atoms with Gasteiger partial charge in [0.1, 0.15) is 0 Å². The minimum atomic E-state index is -0.386. The number of methoxy groups -OCH3 is 2. The Morgan fingerprint density at radius 3 is 2.64 bits per heavy atom. The number of likely N-dealkylation sites (tertiary alicyclic amines) is 1. The highest BCUT2D eigenvalue weighted by atomic mass is 16.7. The molecule has 174 valence electrons. The van der Waals surface area contributed by atoms with E-state index in [0.29, 0.717) is 54.1 Å². The number of rotatable bonds is 7. The molecular weight excluding hydrogens is 424 g/mol. The minimum absolute atomic E-state index is 0.0299. The number of hydrogen-bond acceptors (Lipinski definition) is 6. The number of ether oxygens (including phenoxy) is 4. The van der Waals surface area contributed by atoms with Crippen molar-refractivity contribution in [3.05, 3.63) is 47.5 Å². The van der Waals surface area contributed by atoms with Gasteiger partial charge < -0.3 is 29.2 Å². The van der Waals surface area contributed by atoms with Crippen LogP contribution < -0.4 is 24.3 Å². The second kappa shape index (κ2) is 8.84. The summed E-state index contributed by atoms with van der Waals surface area (Å²) in [5.41, 5.74) is 1.37. The van der Waals surface area contributed by atoms with E-state index in [0.717, 1.165) is 18.4 Å². The fourth-order valence-electron chi connectivity index (χ4n) is 4.66. The predicted octanol–water partition coefficient (Wildman–Crippen LogP) is 2.81. The van der Waals surface area contributed by atoms with Crippen LogP contribution in [0, 0.1) is 11.8 Å². The molecule has 8 heteroatoms. The highest BCUT2D eigenvalue weighted by Crippen LogP contribution is 2.42. The van der Waals surface area contributed by atoms with Crippen LogP contribution in [0.5, 0.6) is 23.0 Å². The topological polar surface area (TPSA) is 86.3 Å². The summed E-state index contributed by atoms with van der Waals surface area (Å²) in [6.45, 7) is 1.57. The van der Waals surface area contributed by atoms with Crippen molar-refractivity contribution in [3.63, 3.8) is 0 Å². The van der Waals surface area contributed by atoms with Crippen molar-refractivity contribution < 1.29 is 28.5 Å². The van der Waals surface area contributed by atoms with Crippen LogP contribution in [0.3, 0.4) is 0 Å². The summed E-state index contributed by atoms with van der Waals surface area (Å²) in [5, 5.41) is 3.10. The highest BCUT2D eigenvalue weighted by molar-refractivity contribution is 5.96. The van der Waals surface area contributed by atoms with Crippen molar-refractivity contribution in [1.29, 1.82) is 0 Å². The van der Waals surface area contributed by atoms with Gasteiger partial charge in [0.15, 0.2) is 23.0 Å². The number of benzene rings is 2. The molecule has 8 nitrogen and oxygen atoms in total. The molecule has 0 spiro atoms. The molecule has 1 saturated heterocycles. The SMILES string of the molecule is COc1cccc([C@H]2CN(C(=O)c3ccc4c(c3)OCO4)C[C@@H]2C(=O)NCC2CC2)c1OC. The Balaban J connectivity index is 1.43. The molecule has 1 N–H and O–H groups in total. The van der Waals surface area contributed by atoms with Crippen molar-refractivity contribution in [2.75, 3.05) is 40.6 Å². The Morgan fingerprint density at radius 2 is 1.88 bits per heavy atom. The summed E-state index contributed by atoms with van der Waals surface area (Å²) in [7, 11) is 3.18. The molecule has 2 aliphatic heterocycles. The minimum Gasteiger partial charge on any atom is -0.493 e.